The number of halogens is 1. The van der Waals surface area contributed by atoms with Gasteiger partial charge in [0, 0.05) is 28.3 Å². The van der Waals surface area contributed by atoms with Crippen molar-refractivity contribution in [3.05, 3.63) is 46.5 Å². The zero-order valence-corrected chi connectivity index (χ0v) is 12.8. The van der Waals surface area contributed by atoms with Crippen molar-refractivity contribution in [3.8, 4) is 11.8 Å². The molecule has 1 aliphatic rings. The summed E-state index contributed by atoms with van der Waals surface area (Å²) in [6, 6.07) is 7.78. The van der Waals surface area contributed by atoms with E-state index in [9.17, 15) is 0 Å². The Morgan fingerprint density at radius 3 is 3.00 bits per heavy atom. The Balaban J connectivity index is 2.08. The Bertz CT molecular complexity index is 677. The predicted octanol–water partition coefficient (Wildman–Crippen LogP) is 2.76. The molecule has 1 N–H and O–H groups in total. The average Bonchev–Trinajstić information content (AvgIpc) is 3.08. The number of benzene rings is 1. The van der Waals surface area contributed by atoms with Crippen LogP contribution in [0.1, 0.15) is 24.6 Å². The lowest BCUT2D eigenvalue weighted by molar-refractivity contribution is 0.498. The van der Waals surface area contributed by atoms with Crippen LogP contribution in [0.4, 0.5) is 0 Å². The van der Waals surface area contributed by atoms with Gasteiger partial charge in [-0.3, -0.25) is 0 Å². The van der Waals surface area contributed by atoms with E-state index in [-0.39, 0.29) is 5.41 Å². The van der Waals surface area contributed by atoms with Crippen LogP contribution in [0.25, 0.3) is 5.69 Å². The molecule has 5 heteroatoms. The highest BCUT2D eigenvalue weighted by atomic mass is 79.9. The number of nitrogens with one attached hydrogen (secondary N) is 1. The Hall–Kier alpha value is -1.64. The van der Waals surface area contributed by atoms with Crippen LogP contribution in [0, 0.1) is 11.3 Å². The summed E-state index contributed by atoms with van der Waals surface area (Å²) in [7, 11) is 0. The van der Waals surface area contributed by atoms with Gasteiger partial charge in [-0.2, -0.15) is 5.26 Å². The van der Waals surface area contributed by atoms with Crippen molar-refractivity contribution in [2.45, 2.75) is 18.8 Å². The second-order valence-electron chi connectivity index (χ2n) is 5.41. The summed E-state index contributed by atoms with van der Waals surface area (Å²) in [6.07, 6.45) is 4.88. The lowest BCUT2D eigenvalue weighted by Crippen LogP contribution is -2.27. The number of nitriles is 1. The first-order chi connectivity index (χ1) is 9.64. The number of hydrogen-bond donors (Lipinski definition) is 1. The quantitative estimate of drug-likeness (QED) is 0.921. The maximum atomic E-state index is 8.95. The smallest absolute Gasteiger partial charge is 0.0994 e. The van der Waals surface area contributed by atoms with Gasteiger partial charge in [0.05, 0.1) is 23.6 Å². The topological polar surface area (TPSA) is 53.6 Å². The molecule has 20 heavy (non-hydrogen) atoms. The number of nitrogens with zero attached hydrogens (tertiary/aromatic N) is 3. The van der Waals surface area contributed by atoms with Gasteiger partial charge in [0.25, 0.3) is 0 Å². The van der Waals surface area contributed by atoms with Crippen LogP contribution >= 0.6 is 15.9 Å². The van der Waals surface area contributed by atoms with E-state index in [0.29, 0.717) is 5.56 Å². The fraction of sp³-hybridized carbons (Fsp3) is 0.333. The van der Waals surface area contributed by atoms with E-state index in [1.807, 2.05) is 30.7 Å². The Labute approximate surface area is 126 Å². The summed E-state index contributed by atoms with van der Waals surface area (Å²) < 4.78 is 3.02. The minimum atomic E-state index is 0.101. The van der Waals surface area contributed by atoms with Crippen LogP contribution in [0.3, 0.4) is 0 Å². The molecular formula is C15H15BrN4. The molecule has 0 spiro atoms. The highest BCUT2D eigenvalue weighted by molar-refractivity contribution is 9.10. The second-order valence-corrected chi connectivity index (χ2v) is 6.27. The van der Waals surface area contributed by atoms with Gasteiger partial charge in [-0.1, -0.05) is 6.92 Å². The summed E-state index contributed by atoms with van der Waals surface area (Å²) in [4.78, 5) is 4.32. The first-order valence-corrected chi connectivity index (χ1v) is 7.37. The van der Waals surface area contributed by atoms with Crippen molar-refractivity contribution < 1.29 is 0 Å². The maximum Gasteiger partial charge on any atom is 0.0994 e. The van der Waals surface area contributed by atoms with Gasteiger partial charge in [-0.05, 0) is 47.1 Å². The van der Waals surface area contributed by atoms with E-state index in [1.54, 1.807) is 0 Å². The van der Waals surface area contributed by atoms with Crippen LogP contribution in [-0.2, 0) is 5.41 Å². The zero-order chi connectivity index (χ0) is 14.2. The fourth-order valence-electron chi connectivity index (χ4n) is 2.74. The molecule has 1 aliphatic heterocycles. The summed E-state index contributed by atoms with van der Waals surface area (Å²) in [5.41, 5.74) is 2.97. The first kappa shape index (κ1) is 13.3. The molecule has 1 fully saturated rings. The van der Waals surface area contributed by atoms with E-state index >= 15 is 0 Å². The van der Waals surface area contributed by atoms with Crippen molar-refractivity contribution in [1.29, 1.82) is 5.26 Å². The van der Waals surface area contributed by atoms with Gasteiger partial charge in [-0.25, -0.2) is 4.98 Å². The molecule has 1 saturated heterocycles. The summed E-state index contributed by atoms with van der Waals surface area (Å²) in [5, 5.41) is 12.4. The van der Waals surface area contributed by atoms with Crippen LogP contribution in [0.2, 0.25) is 0 Å². The van der Waals surface area contributed by atoms with E-state index in [2.05, 4.69) is 43.8 Å². The van der Waals surface area contributed by atoms with E-state index < -0.39 is 0 Å². The highest BCUT2D eigenvalue weighted by Gasteiger charge is 2.33. The largest absolute Gasteiger partial charge is 0.316 e. The predicted molar refractivity (Wildman–Crippen MR) is 80.8 cm³/mol. The lowest BCUT2D eigenvalue weighted by Gasteiger charge is -2.24. The third-order valence-corrected chi connectivity index (χ3v) is 4.60. The van der Waals surface area contributed by atoms with Gasteiger partial charge in [0.15, 0.2) is 0 Å². The molecule has 2 heterocycles. The molecule has 2 aromatic rings. The molecule has 1 unspecified atom stereocenters. The third-order valence-electron chi connectivity index (χ3n) is 3.96. The normalized spacial score (nSPS) is 21.9. The number of hydrogen-bond acceptors (Lipinski definition) is 3. The molecule has 3 rings (SSSR count). The number of aromatic nitrogens is 2. The van der Waals surface area contributed by atoms with Gasteiger partial charge < -0.3 is 9.88 Å². The van der Waals surface area contributed by atoms with E-state index in [1.165, 1.54) is 5.69 Å². The van der Waals surface area contributed by atoms with Gasteiger partial charge in [0.2, 0.25) is 0 Å². The van der Waals surface area contributed by atoms with Crippen molar-refractivity contribution >= 4 is 15.9 Å². The summed E-state index contributed by atoms with van der Waals surface area (Å²) in [5.74, 6) is 0. The second kappa shape index (κ2) is 5.04. The molecule has 0 bridgehead atoms. The minimum Gasteiger partial charge on any atom is -0.316 e. The van der Waals surface area contributed by atoms with Crippen LogP contribution in [0.5, 0.6) is 0 Å². The number of rotatable bonds is 2. The molecule has 0 radical (unpaired) electrons. The summed E-state index contributed by atoms with van der Waals surface area (Å²) in [6.45, 7) is 4.26. The molecule has 4 nitrogen and oxygen atoms in total. The van der Waals surface area contributed by atoms with Crippen molar-refractivity contribution in [1.82, 2.24) is 14.9 Å². The molecule has 0 saturated carbocycles. The molecule has 0 aliphatic carbocycles. The minimum absolute atomic E-state index is 0.101. The van der Waals surface area contributed by atoms with Crippen molar-refractivity contribution in [2.75, 3.05) is 13.1 Å². The molecule has 1 aromatic carbocycles. The summed E-state index contributed by atoms with van der Waals surface area (Å²) >= 11 is 3.55. The zero-order valence-electron chi connectivity index (χ0n) is 11.2. The molecule has 1 atom stereocenters. The van der Waals surface area contributed by atoms with Crippen LogP contribution in [-0.4, -0.2) is 22.6 Å². The number of imidazole rings is 1. The average molecular weight is 331 g/mol. The van der Waals surface area contributed by atoms with Gasteiger partial charge >= 0.3 is 0 Å². The molecule has 0 amide bonds. The lowest BCUT2D eigenvalue weighted by atomic mass is 9.86. The highest BCUT2D eigenvalue weighted by Crippen LogP contribution is 2.33. The Morgan fingerprint density at radius 2 is 2.35 bits per heavy atom. The fourth-order valence-corrected chi connectivity index (χ4v) is 3.31. The van der Waals surface area contributed by atoms with E-state index in [4.69, 9.17) is 5.26 Å². The standard InChI is InChI=1S/C15H15BrN4/c1-15(4-5-18-9-15)14-8-19-10-20(14)13-3-2-11(7-17)6-12(13)16/h2-3,6,8,10,18H,4-5,9H2,1H3. The van der Waals surface area contributed by atoms with E-state index in [0.717, 1.165) is 29.7 Å². The Kier molecular flexibility index (Phi) is 3.36. The monoisotopic (exact) mass is 330 g/mol. The Morgan fingerprint density at radius 1 is 1.50 bits per heavy atom. The van der Waals surface area contributed by atoms with Crippen LogP contribution in [0.15, 0.2) is 35.2 Å². The SMILES string of the molecule is CC1(c2cncn2-c2ccc(C#N)cc2Br)CCNC1. The molecule has 1 aromatic heterocycles. The molecule has 102 valence electrons. The first-order valence-electron chi connectivity index (χ1n) is 6.58. The van der Waals surface area contributed by atoms with Crippen LogP contribution < -0.4 is 5.32 Å². The van der Waals surface area contributed by atoms with Crippen molar-refractivity contribution in [3.63, 3.8) is 0 Å². The van der Waals surface area contributed by atoms with Crippen molar-refractivity contribution in [2.24, 2.45) is 0 Å². The molecular weight excluding hydrogens is 316 g/mol. The van der Waals surface area contributed by atoms with Gasteiger partial charge in [0.1, 0.15) is 0 Å². The third kappa shape index (κ3) is 2.15. The maximum absolute atomic E-state index is 8.95. The van der Waals surface area contributed by atoms with Gasteiger partial charge in [-0.15, -0.1) is 0 Å².